The minimum atomic E-state index is -4.60. The Labute approximate surface area is 109 Å². The van der Waals surface area contributed by atoms with E-state index in [-0.39, 0.29) is 5.75 Å². The van der Waals surface area contributed by atoms with Gasteiger partial charge in [0.2, 0.25) is 10.0 Å². The number of nitrogens with two attached hydrogens (primary N) is 1. The van der Waals surface area contributed by atoms with Crippen molar-refractivity contribution in [2.24, 2.45) is 5.73 Å². The van der Waals surface area contributed by atoms with E-state index in [1.165, 1.54) is 12.1 Å². The molecule has 8 heteroatoms. The predicted molar refractivity (Wildman–Crippen MR) is 67.1 cm³/mol. The first-order chi connectivity index (χ1) is 8.76. The van der Waals surface area contributed by atoms with Gasteiger partial charge >= 0.3 is 6.18 Å². The first-order valence-corrected chi connectivity index (χ1v) is 7.28. The lowest BCUT2D eigenvalue weighted by Gasteiger charge is -2.14. The smallest absolute Gasteiger partial charge is 0.330 e. The Morgan fingerprint density at radius 1 is 1.16 bits per heavy atom. The van der Waals surface area contributed by atoms with E-state index in [2.05, 4.69) is 0 Å². The Hall–Kier alpha value is -1.28. The SMILES string of the molecule is NCCCCS(=O)(=O)Nc1ccccc1C(F)(F)F. The third kappa shape index (κ3) is 5.07. The molecule has 19 heavy (non-hydrogen) atoms. The van der Waals surface area contributed by atoms with Gasteiger partial charge in [0.05, 0.1) is 17.0 Å². The number of rotatable bonds is 6. The number of benzene rings is 1. The highest BCUT2D eigenvalue weighted by atomic mass is 32.2. The van der Waals surface area contributed by atoms with Gasteiger partial charge in [0.25, 0.3) is 0 Å². The van der Waals surface area contributed by atoms with Gasteiger partial charge in [-0.25, -0.2) is 8.42 Å². The Bertz CT molecular complexity index is 515. The van der Waals surface area contributed by atoms with Crippen molar-refractivity contribution in [1.82, 2.24) is 0 Å². The number of unbranched alkanes of at least 4 members (excludes halogenated alkanes) is 1. The molecular formula is C11H15F3N2O2S. The molecule has 0 atom stereocenters. The Kier molecular flexibility index (Phi) is 5.19. The van der Waals surface area contributed by atoms with Crippen molar-refractivity contribution in [2.75, 3.05) is 17.0 Å². The monoisotopic (exact) mass is 296 g/mol. The lowest BCUT2D eigenvalue weighted by molar-refractivity contribution is -0.136. The van der Waals surface area contributed by atoms with Crippen molar-refractivity contribution < 1.29 is 21.6 Å². The maximum Gasteiger partial charge on any atom is 0.418 e. The third-order valence-electron chi connectivity index (χ3n) is 2.37. The molecule has 1 rings (SSSR count). The Morgan fingerprint density at radius 2 is 1.79 bits per heavy atom. The summed E-state index contributed by atoms with van der Waals surface area (Å²) in [4.78, 5) is 0. The minimum Gasteiger partial charge on any atom is -0.330 e. The molecule has 0 fully saturated rings. The third-order valence-corrected chi connectivity index (χ3v) is 3.72. The summed E-state index contributed by atoms with van der Waals surface area (Å²) < 4.78 is 63.3. The second-order valence-corrected chi connectivity index (χ2v) is 5.80. The summed E-state index contributed by atoms with van der Waals surface area (Å²) in [5.74, 6) is -0.254. The van der Waals surface area contributed by atoms with Gasteiger partial charge in [-0.1, -0.05) is 12.1 Å². The topological polar surface area (TPSA) is 72.2 Å². The normalized spacial score (nSPS) is 12.4. The van der Waals surface area contributed by atoms with Gasteiger partial charge < -0.3 is 5.73 Å². The first kappa shape index (κ1) is 15.8. The fourth-order valence-corrected chi connectivity index (χ4v) is 2.67. The molecule has 108 valence electrons. The van der Waals surface area contributed by atoms with Gasteiger partial charge in [-0.2, -0.15) is 13.2 Å². The molecule has 0 amide bonds. The van der Waals surface area contributed by atoms with Gasteiger partial charge in [0, 0.05) is 0 Å². The maximum atomic E-state index is 12.7. The van der Waals surface area contributed by atoms with E-state index in [1.54, 1.807) is 0 Å². The summed E-state index contributed by atoms with van der Waals surface area (Å²) in [5.41, 5.74) is 3.77. The predicted octanol–water partition coefficient (Wildman–Crippen LogP) is 2.19. The van der Waals surface area contributed by atoms with Crippen molar-refractivity contribution in [3.8, 4) is 0 Å². The largest absolute Gasteiger partial charge is 0.418 e. The van der Waals surface area contributed by atoms with E-state index < -0.39 is 27.5 Å². The lowest BCUT2D eigenvalue weighted by Crippen LogP contribution is -2.20. The van der Waals surface area contributed by atoms with E-state index >= 15 is 0 Å². The van der Waals surface area contributed by atoms with Crippen LogP contribution in [0, 0.1) is 0 Å². The summed E-state index contributed by atoms with van der Waals surface area (Å²) in [5, 5.41) is 0. The second kappa shape index (κ2) is 6.25. The van der Waals surface area contributed by atoms with Crippen LogP contribution in [-0.4, -0.2) is 20.7 Å². The van der Waals surface area contributed by atoms with Crippen LogP contribution >= 0.6 is 0 Å². The fourth-order valence-electron chi connectivity index (χ4n) is 1.47. The molecule has 0 saturated heterocycles. The maximum absolute atomic E-state index is 12.7. The van der Waals surface area contributed by atoms with Crippen LogP contribution in [0.3, 0.4) is 0 Å². The number of hydrogen-bond donors (Lipinski definition) is 2. The van der Waals surface area contributed by atoms with E-state index in [0.29, 0.717) is 19.4 Å². The Balaban J connectivity index is 2.88. The minimum absolute atomic E-state index is 0.254. The molecule has 0 radical (unpaired) electrons. The summed E-state index contributed by atoms with van der Waals surface area (Å²) in [6, 6.07) is 4.46. The molecule has 1 aromatic carbocycles. The average Bonchev–Trinajstić information content (AvgIpc) is 2.27. The van der Waals surface area contributed by atoms with Crippen LogP contribution in [0.5, 0.6) is 0 Å². The molecule has 0 aromatic heterocycles. The number of para-hydroxylation sites is 1. The molecule has 0 aliphatic heterocycles. The molecular weight excluding hydrogens is 281 g/mol. The molecule has 0 unspecified atom stereocenters. The van der Waals surface area contributed by atoms with Crippen molar-refractivity contribution in [2.45, 2.75) is 19.0 Å². The zero-order chi connectivity index (χ0) is 14.5. The van der Waals surface area contributed by atoms with Crippen LogP contribution in [0.2, 0.25) is 0 Å². The van der Waals surface area contributed by atoms with Gasteiger partial charge in [-0.3, -0.25) is 4.72 Å². The van der Waals surface area contributed by atoms with Gasteiger partial charge in [0.1, 0.15) is 0 Å². The highest BCUT2D eigenvalue weighted by Gasteiger charge is 2.34. The van der Waals surface area contributed by atoms with Crippen LogP contribution in [0.25, 0.3) is 0 Å². The average molecular weight is 296 g/mol. The standard InChI is InChI=1S/C11H15F3N2O2S/c12-11(13,14)9-5-1-2-6-10(9)16-19(17,18)8-4-3-7-15/h1-2,5-6,16H,3-4,7-8,15H2. The summed E-state index contributed by atoms with van der Waals surface area (Å²) in [6.45, 7) is 0.342. The van der Waals surface area contributed by atoms with Gasteiger partial charge in [-0.15, -0.1) is 0 Å². The molecule has 4 nitrogen and oxygen atoms in total. The van der Waals surface area contributed by atoms with E-state index in [1.807, 2.05) is 4.72 Å². The molecule has 0 bridgehead atoms. The zero-order valence-corrected chi connectivity index (χ0v) is 10.9. The van der Waals surface area contributed by atoms with Crippen molar-refractivity contribution in [3.63, 3.8) is 0 Å². The molecule has 1 aromatic rings. The van der Waals surface area contributed by atoms with Crippen molar-refractivity contribution >= 4 is 15.7 Å². The number of alkyl halides is 3. The van der Waals surface area contributed by atoms with Crippen LogP contribution < -0.4 is 10.5 Å². The second-order valence-electron chi connectivity index (χ2n) is 3.96. The van der Waals surface area contributed by atoms with Gasteiger partial charge in [-0.05, 0) is 31.5 Å². The quantitative estimate of drug-likeness (QED) is 0.790. The molecule has 3 N–H and O–H groups in total. The number of sulfonamides is 1. The highest BCUT2D eigenvalue weighted by Crippen LogP contribution is 2.34. The molecule has 0 aliphatic rings. The van der Waals surface area contributed by atoms with Crippen LogP contribution in [0.15, 0.2) is 24.3 Å². The van der Waals surface area contributed by atoms with Crippen LogP contribution in [-0.2, 0) is 16.2 Å². The van der Waals surface area contributed by atoms with E-state index in [0.717, 1.165) is 12.1 Å². The summed E-state index contributed by atoms with van der Waals surface area (Å²) in [6.07, 6.45) is -3.79. The fraction of sp³-hybridized carbons (Fsp3) is 0.455. The number of hydrogen-bond acceptors (Lipinski definition) is 3. The van der Waals surface area contributed by atoms with Crippen LogP contribution in [0.4, 0.5) is 18.9 Å². The van der Waals surface area contributed by atoms with Crippen LogP contribution in [0.1, 0.15) is 18.4 Å². The molecule has 0 saturated carbocycles. The lowest BCUT2D eigenvalue weighted by atomic mass is 10.2. The number of halogens is 3. The van der Waals surface area contributed by atoms with E-state index in [9.17, 15) is 21.6 Å². The van der Waals surface area contributed by atoms with E-state index in [4.69, 9.17) is 5.73 Å². The number of anilines is 1. The van der Waals surface area contributed by atoms with Gasteiger partial charge in [0.15, 0.2) is 0 Å². The highest BCUT2D eigenvalue weighted by molar-refractivity contribution is 7.92. The first-order valence-electron chi connectivity index (χ1n) is 5.63. The molecule has 0 spiro atoms. The van der Waals surface area contributed by atoms with Crippen molar-refractivity contribution in [1.29, 1.82) is 0 Å². The number of nitrogens with one attached hydrogen (secondary N) is 1. The molecule has 0 heterocycles. The Morgan fingerprint density at radius 3 is 2.37 bits per heavy atom. The van der Waals surface area contributed by atoms with Crippen molar-refractivity contribution in [3.05, 3.63) is 29.8 Å². The zero-order valence-electron chi connectivity index (χ0n) is 10.1. The summed E-state index contributed by atoms with van der Waals surface area (Å²) >= 11 is 0. The molecule has 0 aliphatic carbocycles. The summed E-state index contributed by atoms with van der Waals surface area (Å²) in [7, 11) is -3.80.